The molecule has 2 nitrogen and oxygen atoms in total. The SMILES string of the molecule is C=CCO[C@@H]1OCCC[C@H]1I. The predicted octanol–water partition coefficient (Wildman–Crippen LogP) is 2.13. The van der Waals surface area contributed by atoms with Gasteiger partial charge in [-0.2, -0.15) is 0 Å². The van der Waals surface area contributed by atoms with Crippen molar-refractivity contribution in [2.24, 2.45) is 0 Å². The van der Waals surface area contributed by atoms with Gasteiger partial charge >= 0.3 is 0 Å². The van der Waals surface area contributed by atoms with Crippen molar-refractivity contribution in [1.29, 1.82) is 0 Å². The van der Waals surface area contributed by atoms with E-state index >= 15 is 0 Å². The number of halogens is 1. The lowest BCUT2D eigenvalue weighted by Gasteiger charge is -2.27. The molecule has 1 aliphatic heterocycles. The van der Waals surface area contributed by atoms with Crippen molar-refractivity contribution in [3.8, 4) is 0 Å². The molecule has 1 rings (SSSR count). The number of alkyl halides is 1. The average Bonchev–Trinajstić information content (AvgIpc) is 2.03. The smallest absolute Gasteiger partial charge is 0.169 e. The van der Waals surface area contributed by atoms with Crippen molar-refractivity contribution in [2.45, 2.75) is 23.1 Å². The Balaban J connectivity index is 2.23. The fourth-order valence-corrected chi connectivity index (χ4v) is 1.89. The van der Waals surface area contributed by atoms with E-state index in [0.717, 1.165) is 13.0 Å². The van der Waals surface area contributed by atoms with Crippen LogP contribution in [0, 0.1) is 0 Å². The second kappa shape index (κ2) is 5.11. The second-order valence-electron chi connectivity index (χ2n) is 2.52. The Labute approximate surface area is 81.1 Å². The van der Waals surface area contributed by atoms with Gasteiger partial charge in [0.25, 0.3) is 0 Å². The van der Waals surface area contributed by atoms with E-state index in [2.05, 4.69) is 29.2 Å². The van der Waals surface area contributed by atoms with Crippen LogP contribution in [0.3, 0.4) is 0 Å². The summed E-state index contributed by atoms with van der Waals surface area (Å²) in [5.41, 5.74) is 0. The fraction of sp³-hybridized carbons (Fsp3) is 0.750. The van der Waals surface area contributed by atoms with Crippen LogP contribution in [0.4, 0.5) is 0 Å². The van der Waals surface area contributed by atoms with Crippen molar-refractivity contribution in [3.63, 3.8) is 0 Å². The lowest BCUT2D eigenvalue weighted by atomic mass is 10.2. The molecule has 0 N–H and O–H groups in total. The zero-order valence-electron chi connectivity index (χ0n) is 6.46. The van der Waals surface area contributed by atoms with Gasteiger partial charge in [-0.1, -0.05) is 28.7 Å². The van der Waals surface area contributed by atoms with Crippen molar-refractivity contribution >= 4 is 22.6 Å². The normalized spacial score (nSPS) is 31.7. The van der Waals surface area contributed by atoms with E-state index in [0.29, 0.717) is 10.5 Å². The average molecular weight is 268 g/mol. The molecule has 0 unspecified atom stereocenters. The van der Waals surface area contributed by atoms with E-state index < -0.39 is 0 Å². The fourth-order valence-electron chi connectivity index (χ4n) is 1.03. The molecule has 1 heterocycles. The lowest BCUT2D eigenvalue weighted by molar-refractivity contribution is -0.148. The Hall–Kier alpha value is 0.390. The summed E-state index contributed by atoms with van der Waals surface area (Å²) >= 11 is 2.37. The quantitative estimate of drug-likeness (QED) is 0.443. The summed E-state index contributed by atoms with van der Waals surface area (Å²) in [6.45, 7) is 5.01. The maximum Gasteiger partial charge on any atom is 0.169 e. The summed E-state index contributed by atoms with van der Waals surface area (Å²) in [7, 11) is 0. The van der Waals surface area contributed by atoms with Crippen molar-refractivity contribution in [1.82, 2.24) is 0 Å². The van der Waals surface area contributed by atoms with Crippen LogP contribution in [0.5, 0.6) is 0 Å². The van der Waals surface area contributed by atoms with E-state index in [1.165, 1.54) is 6.42 Å². The lowest BCUT2D eigenvalue weighted by Crippen LogP contribution is -2.32. The molecular formula is C8H13IO2. The maximum atomic E-state index is 5.41. The van der Waals surface area contributed by atoms with Crippen LogP contribution in [0.1, 0.15) is 12.8 Å². The largest absolute Gasteiger partial charge is 0.352 e. The molecule has 1 aliphatic rings. The molecule has 64 valence electrons. The van der Waals surface area contributed by atoms with E-state index in [1.54, 1.807) is 6.08 Å². The first kappa shape index (κ1) is 9.48. The zero-order valence-corrected chi connectivity index (χ0v) is 8.62. The van der Waals surface area contributed by atoms with E-state index in [1.807, 2.05) is 0 Å². The number of hydrogen-bond acceptors (Lipinski definition) is 2. The van der Waals surface area contributed by atoms with Gasteiger partial charge in [0.2, 0.25) is 0 Å². The summed E-state index contributed by atoms with van der Waals surface area (Å²) in [5, 5.41) is 0. The Bertz CT molecular complexity index is 127. The molecule has 0 aromatic heterocycles. The standard InChI is InChI=1S/C8H13IO2/c1-2-5-10-8-7(9)4-3-6-11-8/h2,7-8H,1,3-6H2/t7-,8-/m1/s1. The Morgan fingerprint density at radius 2 is 2.55 bits per heavy atom. The van der Waals surface area contributed by atoms with Crippen LogP contribution in [0.25, 0.3) is 0 Å². The topological polar surface area (TPSA) is 18.5 Å². The highest BCUT2D eigenvalue weighted by molar-refractivity contribution is 14.1. The molecule has 3 heteroatoms. The molecule has 0 aliphatic carbocycles. The third-order valence-corrected chi connectivity index (χ3v) is 2.79. The third kappa shape index (κ3) is 3.09. The molecule has 0 amide bonds. The van der Waals surface area contributed by atoms with Crippen molar-refractivity contribution in [2.75, 3.05) is 13.2 Å². The highest BCUT2D eigenvalue weighted by atomic mass is 127. The van der Waals surface area contributed by atoms with Gasteiger partial charge < -0.3 is 9.47 Å². The molecule has 11 heavy (non-hydrogen) atoms. The first-order valence-electron chi connectivity index (χ1n) is 3.83. The minimum absolute atomic E-state index is 0.0117. The molecule has 0 bridgehead atoms. The minimum atomic E-state index is -0.0117. The van der Waals surface area contributed by atoms with Gasteiger partial charge in [-0.05, 0) is 12.8 Å². The molecule has 0 aromatic carbocycles. The monoisotopic (exact) mass is 268 g/mol. The molecular weight excluding hydrogens is 255 g/mol. The van der Waals surface area contributed by atoms with Crippen LogP contribution >= 0.6 is 22.6 Å². The molecule has 0 spiro atoms. The van der Waals surface area contributed by atoms with Crippen LogP contribution in [0.15, 0.2) is 12.7 Å². The molecule has 0 saturated carbocycles. The summed E-state index contributed by atoms with van der Waals surface area (Å²) in [5.74, 6) is 0. The molecule has 2 atom stereocenters. The van der Waals surface area contributed by atoms with Gasteiger partial charge in [0, 0.05) is 6.61 Å². The van der Waals surface area contributed by atoms with Gasteiger partial charge in [-0.3, -0.25) is 0 Å². The Kier molecular flexibility index (Phi) is 4.40. The molecule has 0 radical (unpaired) electrons. The Morgan fingerprint density at radius 1 is 1.73 bits per heavy atom. The van der Waals surface area contributed by atoms with E-state index in [4.69, 9.17) is 9.47 Å². The first-order chi connectivity index (χ1) is 5.34. The summed E-state index contributed by atoms with van der Waals surface area (Å²) in [4.78, 5) is 0. The van der Waals surface area contributed by atoms with Crippen molar-refractivity contribution < 1.29 is 9.47 Å². The first-order valence-corrected chi connectivity index (χ1v) is 5.07. The minimum Gasteiger partial charge on any atom is -0.352 e. The summed E-state index contributed by atoms with van der Waals surface area (Å²) in [6, 6.07) is 0. The van der Waals surface area contributed by atoms with Gasteiger partial charge in [0.1, 0.15) is 0 Å². The van der Waals surface area contributed by atoms with Crippen LogP contribution in [-0.4, -0.2) is 23.4 Å². The van der Waals surface area contributed by atoms with Crippen LogP contribution < -0.4 is 0 Å². The highest BCUT2D eigenvalue weighted by Crippen LogP contribution is 2.22. The molecule has 1 fully saturated rings. The van der Waals surface area contributed by atoms with Gasteiger partial charge in [-0.15, -0.1) is 6.58 Å². The maximum absolute atomic E-state index is 5.41. The third-order valence-electron chi connectivity index (χ3n) is 1.58. The second-order valence-corrected chi connectivity index (χ2v) is 4.12. The van der Waals surface area contributed by atoms with Crippen LogP contribution in [0.2, 0.25) is 0 Å². The zero-order chi connectivity index (χ0) is 8.10. The van der Waals surface area contributed by atoms with Gasteiger partial charge in [0.15, 0.2) is 6.29 Å². The van der Waals surface area contributed by atoms with E-state index in [-0.39, 0.29) is 6.29 Å². The highest BCUT2D eigenvalue weighted by Gasteiger charge is 2.23. The van der Waals surface area contributed by atoms with Gasteiger partial charge in [-0.25, -0.2) is 0 Å². The van der Waals surface area contributed by atoms with Crippen LogP contribution in [-0.2, 0) is 9.47 Å². The number of ether oxygens (including phenoxy) is 2. The number of rotatable bonds is 3. The summed E-state index contributed by atoms with van der Waals surface area (Å²) < 4.78 is 11.3. The predicted molar refractivity (Wildman–Crippen MR) is 52.9 cm³/mol. The molecule has 0 aromatic rings. The van der Waals surface area contributed by atoms with Crippen molar-refractivity contribution in [3.05, 3.63) is 12.7 Å². The number of hydrogen-bond donors (Lipinski definition) is 0. The van der Waals surface area contributed by atoms with E-state index in [9.17, 15) is 0 Å². The van der Waals surface area contributed by atoms with Gasteiger partial charge in [0.05, 0.1) is 10.5 Å². The Morgan fingerprint density at radius 3 is 3.18 bits per heavy atom. The molecule has 1 saturated heterocycles. The summed E-state index contributed by atoms with van der Waals surface area (Å²) in [6.07, 6.45) is 4.09.